The molecule has 1 aromatic rings. The van der Waals surface area contributed by atoms with Crippen LogP contribution in [0.15, 0.2) is 18.2 Å². The van der Waals surface area contributed by atoms with Gasteiger partial charge in [-0.1, -0.05) is 0 Å². The van der Waals surface area contributed by atoms with E-state index in [1.54, 1.807) is 7.11 Å². The lowest BCUT2D eigenvalue weighted by Gasteiger charge is -2.33. The number of benzene rings is 1. The van der Waals surface area contributed by atoms with Crippen molar-refractivity contribution in [1.82, 2.24) is 0 Å². The Labute approximate surface area is 111 Å². The minimum atomic E-state index is -0.582. The van der Waals surface area contributed by atoms with Crippen LogP contribution in [0.1, 0.15) is 12.8 Å². The van der Waals surface area contributed by atoms with Crippen LogP contribution in [0.25, 0.3) is 0 Å². The maximum atomic E-state index is 13.1. The molecule has 0 bridgehead atoms. The zero-order valence-corrected chi connectivity index (χ0v) is 10.8. The first-order valence-corrected chi connectivity index (χ1v) is 6.29. The van der Waals surface area contributed by atoms with Crippen molar-refractivity contribution in [2.24, 2.45) is 5.92 Å². The predicted octanol–water partition coefficient (Wildman–Crippen LogP) is 2.60. The SMILES string of the molecule is COCC1CCCN(c2ccc(F)cc2[N+](=O)[O-])C1. The number of halogens is 1. The van der Waals surface area contributed by atoms with Crippen molar-refractivity contribution in [1.29, 1.82) is 0 Å². The van der Waals surface area contributed by atoms with E-state index in [1.165, 1.54) is 12.1 Å². The van der Waals surface area contributed by atoms with Crippen LogP contribution in [0.3, 0.4) is 0 Å². The van der Waals surface area contributed by atoms with E-state index in [0.717, 1.165) is 25.5 Å². The van der Waals surface area contributed by atoms with Crippen molar-refractivity contribution in [3.05, 3.63) is 34.1 Å². The minimum absolute atomic E-state index is 0.168. The highest BCUT2D eigenvalue weighted by atomic mass is 19.1. The lowest BCUT2D eigenvalue weighted by atomic mass is 9.98. The van der Waals surface area contributed by atoms with Gasteiger partial charge in [0.25, 0.3) is 5.69 Å². The number of hydrogen-bond donors (Lipinski definition) is 0. The first-order valence-electron chi connectivity index (χ1n) is 6.29. The molecule has 1 unspecified atom stereocenters. The smallest absolute Gasteiger partial charge is 0.295 e. The number of ether oxygens (including phenoxy) is 1. The Morgan fingerprint density at radius 1 is 1.58 bits per heavy atom. The zero-order valence-electron chi connectivity index (χ0n) is 10.8. The molecule has 5 nitrogen and oxygen atoms in total. The molecule has 0 N–H and O–H groups in total. The van der Waals surface area contributed by atoms with E-state index >= 15 is 0 Å². The van der Waals surface area contributed by atoms with Gasteiger partial charge >= 0.3 is 0 Å². The van der Waals surface area contributed by atoms with Crippen LogP contribution in [0, 0.1) is 21.8 Å². The van der Waals surface area contributed by atoms with Gasteiger partial charge in [0, 0.05) is 20.2 Å². The van der Waals surface area contributed by atoms with Gasteiger partial charge in [0.15, 0.2) is 0 Å². The van der Waals surface area contributed by atoms with Crippen molar-refractivity contribution in [3.8, 4) is 0 Å². The van der Waals surface area contributed by atoms with Crippen molar-refractivity contribution < 1.29 is 14.1 Å². The Kier molecular flexibility index (Phi) is 4.31. The Balaban J connectivity index is 2.23. The van der Waals surface area contributed by atoms with Crippen LogP contribution in [-0.2, 0) is 4.74 Å². The van der Waals surface area contributed by atoms with Gasteiger partial charge in [0.1, 0.15) is 11.5 Å². The van der Waals surface area contributed by atoms with Gasteiger partial charge < -0.3 is 9.64 Å². The summed E-state index contributed by atoms with van der Waals surface area (Å²) < 4.78 is 18.3. The molecule has 0 amide bonds. The normalized spacial score (nSPS) is 19.5. The Morgan fingerprint density at radius 3 is 3.05 bits per heavy atom. The van der Waals surface area contributed by atoms with E-state index in [4.69, 9.17) is 4.74 Å². The van der Waals surface area contributed by atoms with E-state index in [0.29, 0.717) is 24.8 Å². The second-order valence-electron chi connectivity index (χ2n) is 4.80. The highest BCUT2D eigenvalue weighted by molar-refractivity contribution is 5.63. The fourth-order valence-electron chi connectivity index (χ4n) is 2.57. The molecule has 1 heterocycles. The summed E-state index contributed by atoms with van der Waals surface area (Å²) in [4.78, 5) is 12.4. The van der Waals surface area contributed by atoms with E-state index in [2.05, 4.69) is 0 Å². The zero-order chi connectivity index (χ0) is 13.8. The van der Waals surface area contributed by atoms with Crippen molar-refractivity contribution in [3.63, 3.8) is 0 Å². The third kappa shape index (κ3) is 3.20. The second-order valence-corrected chi connectivity index (χ2v) is 4.80. The van der Waals surface area contributed by atoms with Gasteiger partial charge in [-0.3, -0.25) is 10.1 Å². The van der Waals surface area contributed by atoms with Gasteiger partial charge in [-0.05, 0) is 30.9 Å². The van der Waals surface area contributed by atoms with Crippen molar-refractivity contribution >= 4 is 11.4 Å². The largest absolute Gasteiger partial charge is 0.384 e. The average molecular weight is 268 g/mol. The fraction of sp³-hybridized carbons (Fsp3) is 0.538. The van der Waals surface area contributed by atoms with E-state index in [9.17, 15) is 14.5 Å². The number of nitrogens with zero attached hydrogens (tertiary/aromatic N) is 2. The molecule has 1 fully saturated rings. The molecule has 1 saturated heterocycles. The summed E-state index contributed by atoms with van der Waals surface area (Å²) in [7, 11) is 1.65. The third-order valence-corrected chi connectivity index (χ3v) is 3.40. The summed E-state index contributed by atoms with van der Waals surface area (Å²) in [6.07, 6.45) is 2.02. The standard InChI is InChI=1S/C13H17FN2O3/c1-19-9-10-3-2-6-15(8-10)12-5-4-11(14)7-13(12)16(17)18/h4-5,7,10H,2-3,6,8-9H2,1H3. The molecule has 19 heavy (non-hydrogen) atoms. The first kappa shape index (κ1) is 13.7. The molecule has 0 aliphatic carbocycles. The molecule has 0 spiro atoms. The Hall–Kier alpha value is -1.69. The van der Waals surface area contributed by atoms with Crippen LogP contribution < -0.4 is 4.90 Å². The number of nitro benzene ring substituents is 1. The number of methoxy groups -OCH3 is 1. The molecule has 1 atom stereocenters. The quantitative estimate of drug-likeness (QED) is 0.622. The average Bonchev–Trinajstić information content (AvgIpc) is 2.39. The van der Waals surface area contributed by atoms with Crippen molar-refractivity contribution in [2.75, 3.05) is 31.7 Å². The maximum Gasteiger partial charge on any atom is 0.295 e. The van der Waals surface area contributed by atoms with Crippen LogP contribution >= 0.6 is 0 Å². The first-order chi connectivity index (χ1) is 9.11. The molecule has 1 aliphatic heterocycles. The lowest BCUT2D eigenvalue weighted by molar-refractivity contribution is -0.384. The molecule has 1 aromatic carbocycles. The third-order valence-electron chi connectivity index (χ3n) is 3.40. The molecule has 2 rings (SSSR count). The fourth-order valence-corrected chi connectivity index (χ4v) is 2.57. The van der Waals surface area contributed by atoms with Crippen molar-refractivity contribution in [2.45, 2.75) is 12.8 Å². The summed E-state index contributed by atoms with van der Waals surface area (Å²) in [6, 6.07) is 3.74. The number of piperidine rings is 1. The van der Waals surface area contributed by atoms with Gasteiger partial charge in [0.2, 0.25) is 0 Å². The van der Waals surface area contributed by atoms with E-state index in [-0.39, 0.29) is 5.69 Å². The topological polar surface area (TPSA) is 55.6 Å². The van der Waals surface area contributed by atoms with Gasteiger partial charge in [0.05, 0.1) is 17.6 Å². The van der Waals surface area contributed by atoms with Crippen LogP contribution in [0.5, 0.6) is 0 Å². The predicted molar refractivity (Wildman–Crippen MR) is 69.9 cm³/mol. The summed E-state index contributed by atoms with van der Waals surface area (Å²) in [5, 5.41) is 11.0. The van der Waals surface area contributed by atoms with Gasteiger partial charge in [-0.25, -0.2) is 4.39 Å². The van der Waals surface area contributed by atoms with Gasteiger partial charge in [-0.15, -0.1) is 0 Å². The molecule has 1 aliphatic rings. The summed E-state index contributed by atoms with van der Waals surface area (Å²) in [6.45, 7) is 2.11. The molecule has 6 heteroatoms. The monoisotopic (exact) mass is 268 g/mol. The minimum Gasteiger partial charge on any atom is -0.384 e. The maximum absolute atomic E-state index is 13.1. The van der Waals surface area contributed by atoms with Crippen LogP contribution in [0.2, 0.25) is 0 Å². The number of hydrogen-bond acceptors (Lipinski definition) is 4. The Bertz CT molecular complexity index is 465. The highest BCUT2D eigenvalue weighted by Gasteiger charge is 2.25. The molecule has 0 aromatic heterocycles. The van der Waals surface area contributed by atoms with Gasteiger partial charge in [-0.2, -0.15) is 0 Å². The molecule has 104 valence electrons. The van der Waals surface area contributed by atoms with Crippen LogP contribution in [0.4, 0.5) is 15.8 Å². The molecule has 0 radical (unpaired) electrons. The van der Waals surface area contributed by atoms with E-state index in [1.807, 2.05) is 4.90 Å². The molecular formula is C13H17FN2O3. The summed E-state index contributed by atoms with van der Waals surface area (Å²) in [5.41, 5.74) is 0.324. The lowest BCUT2D eigenvalue weighted by Crippen LogP contribution is -2.37. The van der Waals surface area contributed by atoms with Crippen LogP contribution in [-0.4, -0.2) is 31.7 Å². The second kappa shape index (κ2) is 5.97. The number of nitro groups is 1. The molecule has 0 saturated carbocycles. The molecular weight excluding hydrogens is 251 g/mol. The number of rotatable bonds is 4. The Morgan fingerprint density at radius 2 is 2.37 bits per heavy atom. The number of anilines is 1. The van der Waals surface area contributed by atoms with E-state index < -0.39 is 10.7 Å². The summed E-state index contributed by atoms with van der Waals surface area (Å²) in [5.74, 6) is -0.218. The highest BCUT2D eigenvalue weighted by Crippen LogP contribution is 2.32. The summed E-state index contributed by atoms with van der Waals surface area (Å²) >= 11 is 0.